The van der Waals surface area contributed by atoms with Gasteiger partial charge in [-0.3, -0.25) is 5.32 Å². The quantitative estimate of drug-likeness (QED) is 0.685. The minimum Gasteiger partial charge on any atom is -0.379 e. The molecule has 0 spiro atoms. The molecule has 0 radical (unpaired) electrons. The molecule has 68 valence electrons. The fraction of sp³-hybridized carbons (Fsp3) is 0.889. The van der Waals surface area contributed by atoms with Gasteiger partial charge in [-0.05, 0) is 19.8 Å². The van der Waals surface area contributed by atoms with E-state index >= 15 is 0 Å². The molecule has 1 N–H and O–H groups in total. The number of nitrogens with zero attached hydrogens (tertiary/aromatic N) is 1. The molecule has 0 saturated carbocycles. The molecule has 1 aliphatic rings. The minimum atomic E-state index is -0.0308. The maximum atomic E-state index is 8.75. The monoisotopic (exact) mass is 168 g/mol. The van der Waals surface area contributed by atoms with Gasteiger partial charge in [0.05, 0.1) is 18.7 Å². The SMILES string of the molecule is CCC(C#N)NC1(C)CCOC1. The largest absolute Gasteiger partial charge is 0.379 e. The van der Waals surface area contributed by atoms with Crippen LogP contribution in [-0.2, 0) is 4.74 Å². The van der Waals surface area contributed by atoms with Crippen molar-refractivity contribution in [1.82, 2.24) is 5.32 Å². The van der Waals surface area contributed by atoms with E-state index in [1.54, 1.807) is 0 Å². The van der Waals surface area contributed by atoms with Gasteiger partial charge in [-0.2, -0.15) is 5.26 Å². The zero-order chi connectivity index (χ0) is 9.03. The zero-order valence-electron chi connectivity index (χ0n) is 7.76. The van der Waals surface area contributed by atoms with Gasteiger partial charge >= 0.3 is 0 Å². The first-order chi connectivity index (χ1) is 5.70. The summed E-state index contributed by atoms with van der Waals surface area (Å²) in [5.41, 5.74) is 0.0242. The lowest BCUT2D eigenvalue weighted by Gasteiger charge is -2.26. The summed E-state index contributed by atoms with van der Waals surface area (Å²) in [6.45, 7) is 5.66. The van der Waals surface area contributed by atoms with Crippen LogP contribution in [0.4, 0.5) is 0 Å². The molecule has 3 nitrogen and oxygen atoms in total. The molecule has 3 heteroatoms. The second kappa shape index (κ2) is 3.88. The van der Waals surface area contributed by atoms with Crippen LogP contribution < -0.4 is 5.32 Å². The maximum absolute atomic E-state index is 8.75. The molecule has 12 heavy (non-hydrogen) atoms. The van der Waals surface area contributed by atoms with E-state index in [1.165, 1.54) is 0 Å². The van der Waals surface area contributed by atoms with Gasteiger partial charge < -0.3 is 4.74 Å². The number of ether oxygens (including phenoxy) is 1. The number of rotatable bonds is 3. The van der Waals surface area contributed by atoms with Gasteiger partial charge in [0, 0.05) is 12.1 Å². The second-order valence-corrected chi connectivity index (χ2v) is 3.60. The minimum absolute atomic E-state index is 0.0242. The predicted molar refractivity (Wildman–Crippen MR) is 46.7 cm³/mol. The van der Waals surface area contributed by atoms with E-state index in [9.17, 15) is 0 Å². The Morgan fingerprint density at radius 1 is 1.75 bits per heavy atom. The Morgan fingerprint density at radius 2 is 2.50 bits per heavy atom. The Labute approximate surface area is 73.7 Å². The summed E-state index contributed by atoms with van der Waals surface area (Å²) in [6, 6.07) is 2.21. The molecular weight excluding hydrogens is 152 g/mol. The fourth-order valence-electron chi connectivity index (χ4n) is 1.43. The van der Waals surface area contributed by atoms with Crippen LogP contribution in [0.5, 0.6) is 0 Å². The molecule has 0 amide bonds. The van der Waals surface area contributed by atoms with Crippen LogP contribution in [0.3, 0.4) is 0 Å². The van der Waals surface area contributed by atoms with Gasteiger partial charge in [0.15, 0.2) is 0 Å². The molecule has 1 fully saturated rings. The van der Waals surface area contributed by atoms with E-state index in [2.05, 4.69) is 18.3 Å². The van der Waals surface area contributed by atoms with Gasteiger partial charge in [0.1, 0.15) is 0 Å². The Balaban J connectivity index is 2.43. The molecule has 1 aliphatic heterocycles. The van der Waals surface area contributed by atoms with Crippen LogP contribution in [0.15, 0.2) is 0 Å². The van der Waals surface area contributed by atoms with Gasteiger partial charge in [-0.15, -0.1) is 0 Å². The van der Waals surface area contributed by atoms with Crippen molar-refractivity contribution >= 4 is 0 Å². The van der Waals surface area contributed by atoms with Crippen molar-refractivity contribution in [3.8, 4) is 6.07 Å². The number of hydrogen-bond acceptors (Lipinski definition) is 3. The van der Waals surface area contributed by atoms with E-state index in [0.29, 0.717) is 0 Å². The van der Waals surface area contributed by atoms with Crippen molar-refractivity contribution in [2.75, 3.05) is 13.2 Å². The highest BCUT2D eigenvalue weighted by Gasteiger charge is 2.31. The Kier molecular flexibility index (Phi) is 3.07. The van der Waals surface area contributed by atoms with Crippen LogP contribution in [0.25, 0.3) is 0 Å². The van der Waals surface area contributed by atoms with Crippen molar-refractivity contribution in [3.63, 3.8) is 0 Å². The van der Waals surface area contributed by atoms with Crippen LogP contribution in [-0.4, -0.2) is 24.8 Å². The number of nitrogens with one attached hydrogen (secondary N) is 1. The average molecular weight is 168 g/mol. The topological polar surface area (TPSA) is 45.0 Å². The molecule has 2 unspecified atom stereocenters. The molecule has 1 rings (SSSR count). The molecule has 0 aliphatic carbocycles. The highest BCUT2D eigenvalue weighted by molar-refractivity contribution is 4.97. The van der Waals surface area contributed by atoms with Crippen molar-refractivity contribution in [1.29, 1.82) is 5.26 Å². The Hall–Kier alpha value is -0.590. The molecule has 2 atom stereocenters. The first kappa shape index (κ1) is 9.50. The van der Waals surface area contributed by atoms with Gasteiger partial charge in [0.2, 0.25) is 0 Å². The third-order valence-corrected chi connectivity index (χ3v) is 2.31. The van der Waals surface area contributed by atoms with E-state index in [4.69, 9.17) is 10.00 Å². The normalized spacial score (nSPS) is 31.4. The van der Waals surface area contributed by atoms with Crippen molar-refractivity contribution < 1.29 is 4.74 Å². The fourth-order valence-corrected chi connectivity index (χ4v) is 1.43. The summed E-state index contributed by atoms with van der Waals surface area (Å²) in [7, 11) is 0. The molecule has 1 heterocycles. The van der Waals surface area contributed by atoms with Gasteiger partial charge in [0.25, 0.3) is 0 Å². The third-order valence-electron chi connectivity index (χ3n) is 2.31. The summed E-state index contributed by atoms with van der Waals surface area (Å²) in [5, 5.41) is 12.1. The lowest BCUT2D eigenvalue weighted by atomic mass is 10.00. The van der Waals surface area contributed by atoms with Crippen LogP contribution >= 0.6 is 0 Å². The zero-order valence-corrected chi connectivity index (χ0v) is 7.76. The lowest BCUT2D eigenvalue weighted by molar-refractivity contribution is 0.169. The van der Waals surface area contributed by atoms with E-state index < -0.39 is 0 Å². The smallest absolute Gasteiger partial charge is 0.0955 e. The molecule has 0 bridgehead atoms. The summed E-state index contributed by atoms with van der Waals surface area (Å²) < 4.78 is 5.28. The Bertz CT molecular complexity index is 179. The van der Waals surface area contributed by atoms with E-state index in [-0.39, 0.29) is 11.6 Å². The van der Waals surface area contributed by atoms with E-state index in [1.807, 2.05) is 6.92 Å². The van der Waals surface area contributed by atoms with Crippen molar-refractivity contribution in [2.24, 2.45) is 0 Å². The molecule has 1 saturated heterocycles. The highest BCUT2D eigenvalue weighted by atomic mass is 16.5. The number of nitriles is 1. The van der Waals surface area contributed by atoms with Gasteiger partial charge in [-0.1, -0.05) is 6.92 Å². The standard InChI is InChI=1S/C9H16N2O/c1-3-8(6-10)11-9(2)4-5-12-7-9/h8,11H,3-5,7H2,1-2H3. The van der Waals surface area contributed by atoms with Crippen LogP contribution in [0, 0.1) is 11.3 Å². The third kappa shape index (κ3) is 2.20. The van der Waals surface area contributed by atoms with Gasteiger partial charge in [-0.25, -0.2) is 0 Å². The van der Waals surface area contributed by atoms with Crippen molar-refractivity contribution in [3.05, 3.63) is 0 Å². The second-order valence-electron chi connectivity index (χ2n) is 3.60. The first-order valence-electron chi connectivity index (χ1n) is 4.45. The summed E-state index contributed by atoms with van der Waals surface area (Å²) in [5.74, 6) is 0. The van der Waals surface area contributed by atoms with Crippen LogP contribution in [0.2, 0.25) is 0 Å². The lowest BCUT2D eigenvalue weighted by Crippen LogP contribution is -2.47. The van der Waals surface area contributed by atoms with Crippen LogP contribution in [0.1, 0.15) is 26.7 Å². The van der Waals surface area contributed by atoms with E-state index in [0.717, 1.165) is 26.1 Å². The molecule has 0 aromatic heterocycles. The summed E-state index contributed by atoms with van der Waals surface area (Å²) >= 11 is 0. The number of hydrogen-bond donors (Lipinski definition) is 1. The average Bonchev–Trinajstić information content (AvgIpc) is 2.48. The summed E-state index contributed by atoms with van der Waals surface area (Å²) in [4.78, 5) is 0. The predicted octanol–water partition coefficient (Wildman–Crippen LogP) is 1.06. The highest BCUT2D eigenvalue weighted by Crippen LogP contribution is 2.18. The maximum Gasteiger partial charge on any atom is 0.0955 e. The summed E-state index contributed by atoms with van der Waals surface area (Å²) in [6.07, 6.45) is 1.86. The molecular formula is C9H16N2O. The Morgan fingerprint density at radius 3 is 2.92 bits per heavy atom. The van der Waals surface area contributed by atoms with Crippen molar-refractivity contribution in [2.45, 2.75) is 38.3 Å². The molecule has 0 aromatic rings. The molecule has 0 aromatic carbocycles. The first-order valence-corrected chi connectivity index (χ1v) is 4.45.